The van der Waals surface area contributed by atoms with Crippen LogP contribution in [0.4, 0.5) is 5.69 Å². The molecule has 0 radical (unpaired) electrons. The van der Waals surface area contributed by atoms with Gasteiger partial charge in [0.05, 0.1) is 42.3 Å². The van der Waals surface area contributed by atoms with Crippen molar-refractivity contribution < 1.29 is 14.1 Å². The van der Waals surface area contributed by atoms with Crippen LogP contribution in [0.3, 0.4) is 0 Å². The molecule has 1 amide bonds. The van der Waals surface area contributed by atoms with E-state index in [9.17, 15) is 13.8 Å². The second-order valence-electron chi connectivity index (χ2n) is 4.93. The number of thiophene rings is 1. The van der Waals surface area contributed by atoms with Gasteiger partial charge in [0.15, 0.2) is 0 Å². The summed E-state index contributed by atoms with van der Waals surface area (Å²) in [5.74, 6) is -0.490. The van der Waals surface area contributed by atoms with Crippen LogP contribution in [0.2, 0.25) is 0 Å². The molecule has 9 nitrogen and oxygen atoms in total. The smallest absolute Gasteiger partial charge is 0.262 e. The number of hydrogen-bond acceptors (Lipinski definition) is 7. The van der Waals surface area contributed by atoms with E-state index in [-0.39, 0.29) is 29.1 Å². The molecule has 11 heteroatoms. The van der Waals surface area contributed by atoms with Gasteiger partial charge in [-0.2, -0.15) is 0 Å². The predicted molar refractivity (Wildman–Crippen MR) is 93.8 cm³/mol. The lowest BCUT2D eigenvalue weighted by Gasteiger charge is -2.06. The number of amides is 1. The van der Waals surface area contributed by atoms with Gasteiger partial charge in [0, 0.05) is 5.38 Å². The first-order valence-corrected chi connectivity index (χ1v) is 9.11. The van der Waals surface area contributed by atoms with E-state index in [1.165, 1.54) is 40.6 Å². The lowest BCUT2D eigenvalue weighted by molar-refractivity contribution is 0.102. The van der Waals surface area contributed by atoms with Crippen LogP contribution in [0, 0.1) is 0 Å². The van der Waals surface area contributed by atoms with Crippen molar-refractivity contribution >= 4 is 44.1 Å². The number of aliphatic hydroxyl groups excluding tert-OH is 1. The summed E-state index contributed by atoms with van der Waals surface area (Å²) in [6.07, 6.45) is 2.67. The number of carbonyl (C=O) groups excluding carboxylic acids is 1. The highest BCUT2D eigenvalue weighted by atomic mass is 32.2. The average molecular weight is 379 g/mol. The molecule has 25 heavy (non-hydrogen) atoms. The molecule has 0 aliphatic heterocycles. The summed E-state index contributed by atoms with van der Waals surface area (Å²) in [6.45, 7) is -0.112. The number of hydrogen-bond donors (Lipinski definition) is 3. The van der Waals surface area contributed by atoms with Crippen molar-refractivity contribution in [2.24, 2.45) is 5.14 Å². The van der Waals surface area contributed by atoms with E-state index in [0.717, 1.165) is 0 Å². The standard InChI is InChI=1S/C14H13N5O4S2/c15-25(23)10-2-1-8(5-16-10)18-12(21)9-6-24-13-11(9)14(22)19(3-4-20)7-17-13/h1-2,5-7,20H,3-4,15H2,(H,18,21). The SMILES string of the molecule is NS(=O)c1ccc(NC(=O)c2csc3ncn(CCO)c(=O)c23)cn1. The molecule has 0 aliphatic rings. The zero-order valence-corrected chi connectivity index (χ0v) is 14.3. The summed E-state index contributed by atoms with van der Waals surface area (Å²) in [5.41, 5.74) is 0.173. The minimum absolute atomic E-state index is 0.0975. The monoisotopic (exact) mass is 379 g/mol. The summed E-state index contributed by atoms with van der Waals surface area (Å²) < 4.78 is 12.4. The maximum absolute atomic E-state index is 12.5. The molecule has 0 saturated heterocycles. The number of rotatable bonds is 5. The number of fused-ring (bicyclic) bond motifs is 1. The summed E-state index contributed by atoms with van der Waals surface area (Å²) in [7, 11) is -1.70. The van der Waals surface area contributed by atoms with Crippen LogP contribution in [0.1, 0.15) is 10.4 Å². The van der Waals surface area contributed by atoms with Crippen LogP contribution in [0.5, 0.6) is 0 Å². The first kappa shape index (κ1) is 17.4. The number of anilines is 1. The summed E-state index contributed by atoms with van der Waals surface area (Å²) >= 11 is 1.18. The highest BCUT2D eigenvalue weighted by Crippen LogP contribution is 2.22. The van der Waals surface area contributed by atoms with Gasteiger partial charge >= 0.3 is 0 Å². The molecular formula is C14H13N5O4S2. The van der Waals surface area contributed by atoms with Crippen LogP contribution in [-0.4, -0.2) is 36.4 Å². The molecule has 3 aromatic heterocycles. The van der Waals surface area contributed by atoms with Crippen molar-refractivity contribution in [3.63, 3.8) is 0 Å². The number of carbonyl (C=O) groups is 1. The van der Waals surface area contributed by atoms with E-state index in [0.29, 0.717) is 10.5 Å². The fourth-order valence-corrected chi connectivity index (χ4v) is 3.41. The van der Waals surface area contributed by atoms with Crippen molar-refractivity contribution in [3.8, 4) is 0 Å². The largest absolute Gasteiger partial charge is 0.395 e. The third-order valence-electron chi connectivity index (χ3n) is 3.35. The van der Waals surface area contributed by atoms with E-state index < -0.39 is 22.5 Å². The van der Waals surface area contributed by atoms with Crippen molar-refractivity contribution in [2.75, 3.05) is 11.9 Å². The molecular weight excluding hydrogens is 366 g/mol. The lowest BCUT2D eigenvalue weighted by atomic mass is 10.2. The van der Waals surface area contributed by atoms with Crippen LogP contribution in [-0.2, 0) is 17.5 Å². The topological polar surface area (TPSA) is 140 Å². The summed E-state index contributed by atoms with van der Waals surface area (Å²) in [5, 5.41) is 18.8. The average Bonchev–Trinajstić information content (AvgIpc) is 3.03. The molecule has 0 bridgehead atoms. The normalized spacial score (nSPS) is 12.2. The number of nitrogens with one attached hydrogen (secondary N) is 1. The molecule has 0 spiro atoms. The van der Waals surface area contributed by atoms with Gasteiger partial charge in [-0.1, -0.05) is 0 Å². The molecule has 0 fully saturated rings. The minimum Gasteiger partial charge on any atom is -0.395 e. The lowest BCUT2D eigenvalue weighted by Crippen LogP contribution is -2.23. The zero-order chi connectivity index (χ0) is 18.0. The first-order valence-electron chi connectivity index (χ1n) is 7.02. The molecule has 0 saturated carbocycles. The Labute approximate surface area is 147 Å². The van der Waals surface area contributed by atoms with Crippen molar-refractivity contribution in [1.29, 1.82) is 0 Å². The quantitative estimate of drug-likeness (QED) is 0.573. The van der Waals surface area contributed by atoms with E-state index in [2.05, 4.69) is 15.3 Å². The predicted octanol–water partition coefficient (Wildman–Crippen LogP) is 0.0789. The van der Waals surface area contributed by atoms with Gasteiger partial charge in [-0.25, -0.2) is 19.3 Å². The molecule has 1 atom stereocenters. The van der Waals surface area contributed by atoms with E-state index >= 15 is 0 Å². The van der Waals surface area contributed by atoms with Crippen molar-refractivity contribution in [1.82, 2.24) is 14.5 Å². The molecule has 1 unspecified atom stereocenters. The fourth-order valence-electron chi connectivity index (χ4n) is 2.17. The summed E-state index contributed by atoms with van der Waals surface area (Å²) in [6, 6.07) is 2.95. The van der Waals surface area contributed by atoms with Crippen molar-refractivity contribution in [3.05, 3.63) is 46.0 Å². The van der Waals surface area contributed by atoms with Crippen LogP contribution >= 0.6 is 11.3 Å². The van der Waals surface area contributed by atoms with Gasteiger partial charge in [0.25, 0.3) is 11.5 Å². The second kappa shape index (κ2) is 7.19. The van der Waals surface area contributed by atoms with Gasteiger partial charge in [0.1, 0.15) is 20.8 Å². The molecule has 0 aromatic carbocycles. The third-order valence-corrected chi connectivity index (χ3v) is 4.89. The molecule has 4 N–H and O–H groups in total. The van der Waals surface area contributed by atoms with Gasteiger partial charge in [-0.05, 0) is 12.1 Å². The van der Waals surface area contributed by atoms with Crippen molar-refractivity contribution in [2.45, 2.75) is 11.6 Å². The Kier molecular flexibility index (Phi) is 4.99. The Morgan fingerprint density at radius 2 is 2.20 bits per heavy atom. The summed E-state index contributed by atoms with van der Waals surface area (Å²) in [4.78, 5) is 33.4. The van der Waals surface area contributed by atoms with Gasteiger partial charge in [-0.15, -0.1) is 11.3 Å². The van der Waals surface area contributed by atoms with Gasteiger partial charge in [-0.3, -0.25) is 14.2 Å². The molecule has 3 rings (SSSR count). The number of aromatic nitrogens is 3. The minimum atomic E-state index is -1.70. The van der Waals surface area contributed by atoms with Gasteiger partial charge < -0.3 is 10.4 Å². The Balaban J connectivity index is 1.93. The highest BCUT2D eigenvalue weighted by molar-refractivity contribution is 7.82. The Bertz CT molecular complexity index is 1010. The Morgan fingerprint density at radius 1 is 1.40 bits per heavy atom. The van der Waals surface area contributed by atoms with E-state index in [1.54, 1.807) is 5.38 Å². The van der Waals surface area contributed by atoms with Crippen LogP contribution in [0.25, 0.3) is 10.2 Å². The Morgan fingerprint density at radius 3 is 2.84 bits per heavy atom. The second-order valence-corrected chi connectivity index (χ2v) is 6.80. The number of nitrogens with two attached hydrogens (primary N) is 1. The number of nitrogens with zero attached hydrogens (tertiary/aromatic N) is 3. The van der Waals surface area contributed by atoms with E-state index in [1.807, 2.05) is 0 Å². The van der Waals surface area contributed by atoms with Crippen LogP contribution < -0.4 is 16.0 Å². The number of pyridine rings is 1. The van der Waals surface area contributed by atoms with Crippen LogP contribution in [0.15, 0.2) is 39.9 Å². The third kappa shape index (κ3) is 3.49. The molecule has 3 aromatic rings. The maximum atomic E-state index is 12.5. The molecule has 130 valence electrons. The number of aliphatic hydroxyl groups is 1. The highest BCUT2D eigenvalue weighted by Gasteiger charge is 2.17. The molecule has 3 heterocycles. The fraction of sp³-hybridized carbons (Fsp3) is 0.143. The zero-order valence-electron chi connectivity index (χ0n) is 12.7. The maximum Gasteiger partial charge on any atom is 0.262 e. The van der Waals surface area contributed by atoms with E-state index in [4.69, 9.17) is 10.2 Å². The Hall–Kier alpha value is -2.47. The van der Waals surface area contributed by atoms with Gasteiger partial charge in [0.2, 0.25) is 0 Å². The molecule has 0 aliphatic carbocycles. The first-order chi connectivity index (χ1) is 12.0.